The van der Waals surface area contributed by atoms with Crippen molar-refractivity contribution in [3.63, 3.8) is 0 Å². The molecule has 0 atom stereocenters. The molecule has 2 aromatic rings. The first-order valence-electron chi connectivity index (χ1n) is 9.06. The Bertz CT molecular complexity index is 844. The summed E-state index contributed by atoms with van der Waals surface area (Å²) < 4.78 is 0. The fourth-order valence-electron chi connectivity index (χ4n) is 3.57. The molecule has 2 aliphatic rings. The van der Waals surface area contributed by atoms with Crippen molar-refractivity contribution in [1.29, 1.82) is 0 Å². The molecule has 2 aromatic carbocycles. The summed E-state index contributed by atoms with van der Waals surface area (Å²) in [7, 11) is 1.95. The average Bonchev–Trinajstić information content (AvgIpc) is 3.47. The number of anilines is 2. The van der Waals surface area contributed by atoms with E-state index in [2.05, 4.69) is 22.8 Å². The van der Waals surface area contributed by atoms with Gasteiger partial charge in [-0.05, 0) is 36.6 Å². The van der Waals surface area contributed by atoms with E-state index in [0.717, 1.165) is 18.5 Å². The molecule has 2 amide bonds. The Hall–Kier alpha value is -2.82. The molecular weight excluding hydrogens is 326 g/mol. The van der Waals surface area contributed by atoms with Crippen LogP contribution >= 0.6 is 0 Å². The Morgan fingerprint density at radius 2 is 1.96 bits per heavy atom. The summed E-state index contributed by atoms with van der Waals surface area (Å²) in [6, 6.07) is 15.9. The Morgan fingerprint density at radius 3 is 2.69 bits per heavy atom. The second kappa shape index (κ2) is 6.48. The van der Waals surface area contributed by atoms with E-state index in [1.54, 1.807) is 6.07 Å². The third kappa shape index (κ3) is 3.17. The van der Waals surface area contributed by atoms with Crippen LogP contribution in [0.1, 0.15) is 35.2 Å². The number of hydrogen-bond acceptors (Lipinski definition) is 3. The van der Waals surface area contributed by atoms with E-state index in [0.29, 0.717) is 30.8 Å². The molecule has 0 aromatic heterocycles. The second-order valence-electron chi connectivity index (χ2n) is 7.28. The highest BCUT2D eigenvalue weighted by atomic mass is 16.2. The van der Waals surface area contributed by atoms with Gasteiger partial charge in [-0.15, -0.1) is 0 Å². The van der Waals surface area contributed by atoms with Crippen molar-refractivity contribution in [3.8, 4) is 0 Å². The number of amides is 2. The van der Waals surface area contributed by atoms with E-state index < -0.39 is 0 Å². The minimum Gasteiger partial charge on any atom is -0.372 e. The van der Waals surface area contributed by atoms with E-state index in [4.69, 9.17) is 0 Å². The van der Waals surface area contributed by atoms with E-state index in [9.17, 15) is 9.59 Å². The Labute approximate surface area is 153 Å². The van der Waals surface area contributed by atoms with Gasteiger partial charge in [-0.3, -0.25) is 9.59 Å². The lowest BCUT2D eigenvalue weighted by Gasteiger charge is -2.19. The third-order valence-corrected chi connectivity index (χ3v) is 5.45. The Balaban J connectivity index is 1.48. The van der Waals surface area contributed by atoms with Gasteiger partial charge in [0.15, 0.2) is 0 Å². The van der Waals surface area contributed by atoms with E-state index >= 15 is 0 Å². The summed E-state index contributed by atoms with van der Waals surface area (Å²) in [4.78, 5) is 26.5. The molecule has 5 nitrogen and oxygen atoms in total. The van der Waals surface area contributed by atoms with Gasteiger partial charge in [0.2, 0.25) is 5.91 Å². The summed E-state index contributed by atoms with van der Waals surface area (Å²) in [5.74, 6) is -0.120. The highest BCUT2D eigenvalue weighted by Gasteiger charge is 2.44. The molecule has 134 valence electrons. The predicted molar refractivity (Wildman–Crippen MR) is 103 cm³/mol. The van der Waals surface area contributed by atoms with Crippen LogP contribution in [0, 0.1) is 0 Å². The number of nitrogens with one attached hydrogen (secondary N) is 2. The number of carbonyl (C=O) groups excluding carboxylic acids is 2. The van der Waals surface area contributed by atoms with Gasteiger partial charge in [-0.25, -0.2) is 0 Å². The van der Waals surface area contributed by atoms with Crippen LogP contribution in [0.4, 0.5) is 11.4 Å². The Morgan fingerprint density at radius 1 is 1.19 bits per heavy atom. The molecule has 1 heterocycles. The third-order valence-electron chi connectivity index (χ3n) is 5.45. The van der Waals surface area contributed by atoms with Crippen LogP contribution < -0.4 is 15.5 Å². The van der Waals surface area contributed by atoms with Gasteiger partial charge in [0, 0.05) is 37.5 Å². The normalized spacial score (nSPS) is 17.7. The van der Waals surface area contributed by atoms with Gasteiger partial charge in [0.1, 0.15) is 0 Å². The van der Waals surface area contributed by atoms with Gasteiger partial charge in [-0.2, -0.15) is 0 Å². The summed E-state index contributed by atoms with van der Waals surface area (Å²) in [6.07, 6.45) is 2.65. The molecule has 0 unspecified atom stereocenters. The number of carbonyl (C=O) groups is 2. The maximum atomic E-state index is 12.6. The van der Waals surface area contributed by atoms with E-state index in [1.165, 1.54) is 5.56 Å². The highest BCUT2D eigenvalue weighted by molar-refractivity contribution is 6.00. The molecule has 0 spiro atoms. The number of hydrogen-bond donors (Lipinski definition) is 2. The van der Waals surface area contributed by atoms with Crippen molar-refractivity contribution in [1.82, 2.24) is 5.32 Å². The zero-order valence-corrected chi connectivity index (χ0v) is 14.9. The van der Waals surface area contributed by atoms with E-state index in [1.807, 2.05) is 42.3 Å². The topological polar surface area (TPSA) is 61.4 Å². The number of rotatable bonds is 4. The molecule has 2 N–H and O–H groups in total. The monoisotopic (exact) mass is 349 g/mol. The van der Waals surface area contributed by atoms with Crippen LogP contribution in [-0.4, -0.2) is 32.0 Å². The minimum absolute atomic E-state index is 0.0193. The van der Waals surface area contributed by atoms with Crippen LogP contribution in [0.3, 0.4) is 0 Å². The standard InChI is InChI=1S/C21H23N3O2/c1-24-12-9-19(25)23-17-13-15(7-8-18(17)24)20(26)22-14-21(10-11-21)16-5-3-2-4-6-16/h2-8,13H,9-12,14H2,1H3,(H,22,26)(H,23,25). The SMILES string of the molecule is CN1CCC(=O)Nc2cc(C(=O)NCC3(c4ccccc4)CC3)ccc21. The van der Waals surface area contributed by atoms with Crippen LogP contribution in [0.25, 0.3) is 0 Å². The van der Waals surface area contributed by atoms with Gasteiger partial charge >= 0.3 is 0 Å². The maximum Gasteiger partial charge on any atom is 0.251 e. The molecule has 1 fully saturated rings. The molecule has 0 radical (unpaired) electrons. The van der Waals surface area contributed by atoms with Crippen molar-refractivity contribution in [3.05, 3.63) is 59.7 Å². The molecule has 5 heteroatoms. The largest absolute Gasteiger partial charge is 0.372 e. The molecule has 1 saturated carbocycles. The zero-order chi connectivity index (χ0) is 18.1. The molecule has 0 bridgehead atoms. The fourth-order valence-corrected chi connectivity index (χ4v) is 3.57. The lowest BCUT2D eigenvalue weighted by atomic mass is 9.96. The average molecular weight is 349 g/mol. The maximum absolute atomic E-state index is 12.6. The van der Waals surface area contributed by atoms with Crippen LogP contribution in [-0.2, 0) is 10.2 Å². The molecule has 0 saturated heterocycles. The summed E-state index contributed by atoms with van der Waals surface area (Å²) in [5.41, 5.74) is 3.58. The number of fused-ring (bicyclic) bond motifs is 1. The molecule has 1 aliphatic carbocycles. The lowest BCUT2D eigenvalue weighted by Crippen LogP contribution is -2.32. The van der Waals surface area contributed by atoms with Gasteiger partial charge in [-0.1, -0.05) is 30.3 Å². The smallest absolute Gasteiger partial charge is 0.251 e. The van der Waals surface area contributed by atoms with E-state index in [-0.39, 0.29) is 17.2 Å². The van der Waals surface area contributed by atoms with Gasteiger partial charge in [0.25, 0.3) is 5.91 Å². The molecular formula is C21H23N3O2. The fraction of sp³-hybridized carbons (Fsp3) is 0.333. The summed E-state index contributed by atoms with van der Waals surface area (Å²) in [6.45, 7) is 1.31. The molecule has 1 aliphatic heterocycles. The number of benzene rings is 2. The quantitative estimate of drug-likeness (QED) is 0.892. The summed E-state index contributed by atoms with van der Waals surface area (Å²) in [5, 5.41) is 5.98. The predicted octanol–water partition coefficient (Wildman–Crippen LogP) is 2.93. The first-order chi connectivity index (χ1) is 12.6. The van der Waals surface area contributed by atoms with Crippen molar-refractivity contribution in [2.45, 2.75) is 24.7 Å². The first-order valence-corrected chi connectivity index (χ1v) is 9.06. The lowest BCUT2D eigenvalue weighted by molar-refractivity contribution is -0.115. The van der Waals surface area contributed by atoms with Gasteiger partial charge in [0.05, 0.1) is 11.4 Å². The van der Waals surface area contributed by atoms with Crippen LogP contribution in [0.2, 0.25) is 0 Å². The molecule has 26 heavy (non-hydrogen) atoms. The number of nitrogens with zero attached hydrogens (tertiary/aromatic N) is 1. The first kappa shape index (κ1) is 16.6. The van der Waals surface area contributed by atoms with Crippen molar-refractivity contribution in [2.24, 2.45) is 0 Å². The summed E-state index contributed by atoms with van der Waals surface area (Å²) >= 11 is 0. The zero-order valence-electron chi connectivity index (χ0n) is 14.9. The van der Waals surface area contributed by atoms with Crippen molar-refractivity contribution < 1.29 is 9.59 Å². The van der Waals surface area contributed by atoms with Crippen LogP contribution in [0.5, 0.6) is 0 Å². The Kier molecular flexibility index (Phi) is 4.15. The van der Waals surface area contributed by atoms with Crippen molar-refractivity contribution in [2.75, 3.05) is 30.4 Å². The van der Waals surface area contributed by atoms with Crippen molar-refractivity contribution >= 4 is 23.2 Å². The van der Waals surface area contributed by atoms with Gasteiger partial charge < -0.3 is 15.5 Å². The second-order valence-corrected chi connectivity index (χ2v) is 7.28. The minimum atomic E-state index is -0.101. The molecule has 4 rings (SSSR count). The van der Waals surface area contributed by atoms with Crippen LogP contribution in [0.15, 0.2) is 48.5 Å². The highest BCUT2D eigenvalue weighted by Crippen LogP contribution is 2.47.